The number of phenols is 2. The smallest absolute Gasteiger partial charge is 0.469 e. The van der Waals surface area contributed by atoms with Gasteiger partial charge in [-0.15, -0.1) is 0 Å². The Kier molecular flexibility index (Phi) is 6.60. The average Bonchev–Trinajstić information content (AvgIpc) is 3.32. The van der Waals surface area contributed by atoms with Crippen LogP contribution >= 0.6 is 7.82 Å². The van der Waals surface area contributed by atoms with Gasteiger partial charge in [-0.1, -0.05) is 0 Å². The number of ether oxygens (including phenoxy) is 2. The van der Waals surface area contributed by atoms with Gasteiger partial charge in [0.2, 0.25) is 0 Å². The Morgan fingerprint density at radius 3 is 2.65 bits per heavy atom. The normalized spacial score (nSPS) is 22.9. The van der Waals surface area contributed by atoms with E-state index in [9.17, 15) is 25.0 Å². The summed E-state index contributed by atoms with van der Waals surface area (Å²) in [4.78, 5) is 30.3. The molecule has 0 bridgehead atoms. The summed E-state index contributed by atoms with van der Waals surface area (Å²) in [5.41, 5.74) is 0.865. The second-order valence-electron chi connectivity index (χ2n) is 7.38. The largest absolute Gasteiger partial charge is 0.508 e. The molecule has 0 saturated carbocycles. The first-order chi connectivity index (χ1) is 16.1. The average molecular weight is 499 g/mol. The van der Waals surface area contributed by atoms with Gasteiger partial charge in [0.25, 0.3) is 0 Å². The number of hydrogen-bond acceptors (Lipinski definition) is 12. The third kappa shape index (κ3) is 4.76. The number of nitrogens with zero attached hydrogens (tertiary/aromatic N) is 4. The molecule has 7 N–H and O–H groups in total. The Balaban J connectivity index is 1.56. The number of benzene rings is 1. The van der Waals surface area contributed by atoms with Crippen molar-refractivity contribution in [3.05, 3.63) is 30.4 Å². The van der Waals surface area contributed by atoms with Gasteiger partial charge < -0.3 is 45.0 Å². The molecule has 0 radical (unpaired) electrons. The van der Waals surface area contributed by atoms with E-state index in [1.807, 2.05) is 0 Å². The van der Waals surface area contributed by atoms with Crippen LogP contribution in [-0.4, -0.2) is 81.8 Å². The number of phosphoric acid groups is 1. The van der Waals surface area contributed by atoms with Crippen LogP contribution in [0.2, 0.25) is 0 Å². The maximum Gasteiger partial charge on any atom is 0.469 e. The number of aromatic hydroxyl groups is 2. The van der Waals surface area contributed by atoms with Crippen LogP contribution < -0.4 is 10.1 Å². The van der Waals surface area contributed by atoms with Crippen molar-refractivity contribution in [2.45, 2.75) is 31.1 Å². The highest BCUT2D eigenvalue weighted by molar-refractivity contribution is 7.46. The molecule has 34 heavy (non-hydrogen) atoms. The molecule has 184 valence electrons. The Morgan fingerprint density at radius 1 is 1.18 bits per heavy atom. The van der Waals surface area contributed by atoms with Gasteiger partial charge in [-0.3, -0.25) is 9.09 Å². The second kappa shape index (κ2) is 9.31. The zero-order valence-electron chi connectivity index (χ0n) is 17.6. The molecule has 1 fully saturated rings. The zero-order chi connectivity index (χ0) is 24.6. The standard InChI is InChI=1S/C18H22N5O10P/c1-31-11-3-8(24)2-10(25)9(11)4-19-16-13-17(21-6-20-16)23(7-22-13)18-15(27)14(26)12(33-18)5-32-34(28,29)30/h2-3,6-7,12,14-15,18,24-27H,4-5H2,1H3,(H,19,20,21)(H2,28,29,30)/t12-,14-,15-,18-/m1/s1. The summed E-state index contributed by atoms with van der Waals surface area (Å²) in [6.07, 6.45) is -2.81. The molecule has 1 aliphatic heterocycles. The number of nitrogens with one attached hydrogen (secondary N) is 1. The van der Waals surface area contributed by atoms with Gasteiger partial charge in [-0.2, -0.15) is 0 Å². The van der Waals surface area contributed by atoms with E-state index >= 15 is 0 Å². The van der Waals surface area contributed by atoms with Crippen molar-refractivity contribution in [3.8, 4) is 17.2 Å². The first-order valence-corrected chi connectivity index (χ1v) is 11.3. The minimum atomic E-state index is -4.80. The van der Waals surface area contributed by atoms with E-state index in [1.54, 1.807) is 0 Å². The molecule has 4 rings (SSSR count). The SMILES string of the molecule is COc1cc(O)cc(O)c1CNc1ncnc2c1ncn2[C@@H]1O[C@H](COP(=O)(O)O)[C@@H](O)[C@H]1O. The number of phosphoric ester groups is 1. The lowest BCUT2D eigenvalue weighted by molar-refractivity contribution is -0.0504. The van der Waals surface area contributed by atoms with E-state index in [0.717, 1.165) is 0 Å². The van der Waals surface area contributed by atoms with Gasteiger partial charge >= 0.3 is 7.82 Å². The predicted molar refractivity (Wildman–Crippen MR) is 113 cm³/mol. The Labute approximate surface area is 191 Å². The number of aromatic nitrogens is 4. The molecule has 0 spiro atoms. The maximum atomic E-state index is 10.9. The van der Waals surface area contributed by atoms with Crippen molar-refractivity contribution < 1.29 is 48.8 Å². The molecule has 4 atom stereocenters. The monoisotopic (exact) mass is 499 g/mol. The quantitative estimate of drug-likeness (QED) is 0.196. The van der Waals surface area contributed by atoms with Crippen LogP contribution in [0.4, 0.5) is 5.82 Å². The maximum absolute atomic E-state index is 10.9. The summed E-state index contributed by atoms with van der Waals surface area (Å²) in [6, 6.07) is 2.51. The molecule has 0 aliphatic carbocycles. The van der Waals surface area contributed by atoms with Crippen LogP contribution in [0.1, 0.15) is 11.8 Å². The summed E-state index contributed by atoms with van der Waals surface area (Å²) in [6.45, 7) is -0.595. The number of anilines is 1. The number of aliphatic hydroxyl groups is 2. The Bertz CT molecular complexity index is 1230. The molecule has 3 aromatic rings. The minimum Gasteiger partial charge on any atom is -0.508 e. The van der Waals surface area contributed by atoms with Crippen LogP contribution in [-0.2, 0) is 20.4 Å². The highest BCUT2D eigenvalue weighted by Crippen LogP contribution is 2.39. The van der Waals surface area contributed by atoms with Crippen LogP contribution in [0, 0.1) is 0 Å². The van der Waals surface area contributed by atoms with E-state index in [1.165, 1.54) is 36.5 Å². The number of methoxy groups -OCH3 is 1. The van der Waals surface area contributed by atoms with Crippen molar-refractivity contribution in [2.75, 3.05) is 19.0 Å². The Morgan fingerprint density at radius 2 is 1.94 bits per heavy atom. The Hall–Kier alpha value is -3.04. The van der Waals surface area contributed by atoms with Gasteiger partial charge in [0.05, 0.1) is 25.6 Å². The number of phenolic OH excluding ortho intramolecular Hbond substituents is 2. The van der Waals surface area contributed by atoms with Crippen molar-refractivity contribution in [1.82, 2.24) is 19.5 Å². The molecule has 0 unspecified atom stereocenters. The third-order valence-corrected chi connectivity index (χ3v) is 5.69. The molecular formula is C18H22N5O10P. The molecule has 1 aromatic carbocycles. The fraction of sp³-hybridized carbons (Fsp3) is 0.389. The van der Waals surface area contributed by atoms with E-state index in [2.05, 4.69) is 24.8 Å². The fourth-order valence-electron chi connectivity index (χ4n) is 3.58. The lowest BCUT2D eigenvalue weighted by Crippen LogP contribution is -2.33. The van der Waals surface area contributed by atoms with Gasteiger partial charge in [-0.05, 0) is 0 Å². The van der Waals surface area contributed by atoms with E-state index < -0.39 is 39.0 Å². The van der Waals surface area contributed by atoms with Gasteiger partial charge in [0.1, 0.15) is 41.9 Å². The fourth-order valence-corrected chi connectivity index (χ4v) is 3.92. The molecule has 1 aliphatic rings. The molecule has 3 heterocycles. The molecule has 15 nitrogen and oxygen atoms in total. The first-order valence-electron chi connectivity index (χ1n) is 9.81. The van der Waals surface area contributed by atoms with Crippen molar-refractivity contribution in [1.29, 1.82) is 0 Å². The second-order valence-corrected chi connectivity index (χ2v) is 8.62. The van der Waals surface area contributed by atoms with E-state index in [-0.39, 0.29) is 40.8 Å². The molecule has 16 heteroatoms. The minimum absolute atomic E-state index is 0.0529. The van der Waals surface area contributed by atoms with Crippen LogP contribution in [0.25, 0.3) is 11.2 Å². The van der Waals surface area contributed by atoms with Crippen molar-refractivity contribution in [2.24, 2.45) is 0 Å². The number of aliphatic hydroxyl groups excluding tert-OH is 2. The molecule has 2 aromatic heterocycles. The molecule has 1 saturated heterocycles. The summed E-state index contributed by atoms with van der Waals surface area (Å²) in [5.74, 6) is 0.164. The highest BCUT2D eigenvalue weighted by atomic mass is 31.2. The first kappa shape index (κ1) is 24.1. The molecule has 0 amide bonds. The van der Waals surface area contributed by atoms with Crippen LogP contribution in [0.3, 0.4) is 0 Å². The number of fused-ring (bicyclic) bond motifs is 1. The van der Waals surface area contributed by atoms with Crippen molar-refractivity contribution >= 4 is 24.8 Å². The molecular weight excluding hydrogens is 477 g/mol. The third-order valence-electron chi connectivity index (χ3n) is 5.20. The van der Waals surface area contributed by atoms with Gasteiger partial charge in [0, 0.05) is 18.7 Å². The highest BCUT2D eigenvalue weighted by Gasteiger charge is 2.45. The number of rotatable bonds is 8. The van der Waals surface area contributed by atoms with Crippen molar-refractivity contribution in [3.63, 3.8) is 0 Å². The van der Waals surface area contributed by atoms with Gasteiger partial charge in [0.15, 0.2) is 23.2 Å². The number of hydrogen-bond donors (Lipinski definition) is 7. The van der Waals surface area contributed by atoms with E-state index in [0.29, 0.717) is 5.56 Å². The van der Waals surface area contributed by atoms with Crippen LogP contribution in [0.5, 0.6) is 17.2 Å². The lowest BCUT2D eigenvalue weighted by atomic mass is 10.1. The van der Waals surface area contributed by atoms with Crippen LogP contribution in [0.15, 0.2) is 24.8 Å². The topological polar surface area (TPSA) is 222 Å². The predicted octanol–water partition coefficient (Wildman–Crippen LogP) is -0.413. The summed E-state index contributed by atoms with van der Waals surface area (Å²) >= 11 is 0. The van der Waals surface area contributed by atoms with Gasteiger partial charge in [-0.25, -0.2) is 19.5 Å². The summed E-state index contributed by atoms with van der Waals surface area (Å²) in [5, 5.41) is 43.4. The van der Waals surface area contributed by atoms with E-state index in [4.69, 9.17) is 19.3 Å². The number of imidazole rings is 1. The lowest BCUT2D eigenvalue weighted by Gasteiger charge is -2.17. The summed E-state index contributed by atoms with van der Waals surface area (Å²) < 4.78 is 27.4. The zero-order valence-corrected chi connectivity index (χ0v) is 18.5. The summed E-state index contributed by atoms with van der Waals surface area (Å²) in [7, 11) is -3.41.